The fourth-order valence-electron chi connectivity index (χ4n) is 3.88. The highest BCUT2D eigenvalue weighted by Gasteiger charge is 2.38. The highest BCUT2D eigenvalue weighted by Crippen LogP contribution is 2.34. The van der Waals surface area contributed by atoms with E-state index in [1.807, 2.05) is 0 Å². The summed E-state index contributed by atoms with van der Waals surface area (Å²) in [7, 11) is 0. The maximum atomic E-state index is 9.77. The van der Waals surface area contributed by atoms with Crippen LogP contribution in [0.3, 0.4) is 0 Å². The standard InChI is InChI=1S/C11H20N2.C4H6O6/c1-2-4-13-8-9-5-10(7-12-6-9)11(13)3-1;5-1(3(7)8)2(6)4(9)10/h9-12H,1-8H2;1-2,5-6H,(H,7,8)(H,9,10)/t9-,10+,11?;1-,2-/m01/s1. The number of fused-ring (bicyclic) bond motifs is 4. The van der Waals surface area contributed by atoms with Crippen molar-refractivity contribution in [1.29, 1.82) is 0 Å². The second kappa shape index (κ2) is 8.05. The van der Waals surface area contributed by atoms with Gasteiger partial charge < -0.3 is 25.7 Å². The molecule has 0 amide bonds. The zero-order valence-corrected chi connectivity index (χ0v) is 13.1. The van der Waals surface area contributed by atoms with Crippen LogP contribution in [0.1, 0.15) is 25.7 Å². The number of aliphatic hydroxyl groups excluding tert-OH is 2. The Labute approximate surface area is 135 Å². The lowest BCUT2D eigenvalue weighted by molar-refractivity contribution is -0.165. The number of carboxylic acids is 2. The number of carboxylic acid groups (broad SMARTS) is 2. The molecule has 0 saturated carbocycles. The number of rotatable bonds is 3. The van der Waals surface area contributed by atoms with Crippen molar-refractivity contribution in [2.75, 3.05) is 26.2 Å². The summed E-state index contributed by atoms with van der Waals surface area (Å²) >= 11 is 0. The molecule has 132 valence electrons. The molecule has 3 aliphatic rings. The molecule has 0 aromatic rings. The van der Waals surface area contributed by atoms with E-state index in [0.717, 1.165) is 17.9 Å². The molecule has 5 N–H and O–H groups in total. The van der Waals surface area contributed by atoms with E-state index < -0.39 is 24.1 Å². The Kier molecular flexibility index (Phi) is 6.34. The molecule has 0 aromatic heterocycles. The monoisotopic (exact) mass is 330 g/mol. The molecule has 0 spiro atoms. The first-order valence-corrected chi connectivity index (χ1v) is 8.16. The van der Waals surface area contributed by atoms with Gasteiger partial charge in [-0.15, -0.1) is 0 Å². The predicted octanol–water partition coefficient (Wildman–Crippen LogP) is -1.04. The average Bonchev–Trinajstić information content (AvgIpc) is 2.54. The smallest absolute Gasteiger partial charge is 0.335 e. The third-order valence-corrected chi connectivity index (χ3v) is 4.98. The Morgan fingerprint density at radius 3 is 2.30 bits per heavy atom. The Morgan fingerprint density at radius 2 is 1.70 bits per heavy atom. The predicted molar refractivity (Wildman–Crippen MR) is 81.0 cm³/mol. The number of nitrogens with one attached hydrogen (secondary N) is 1. The number of nitrogens with zero attached hydrogens (tertiary/aromatic N) is 1. The van der Waals surface area contributed by atoms with Crippen LogP contribution in [0.4, 0.5) is 0 Å². The molecule has 3 rings (SSSR count). The maximum Gasteiger partial charge on any atom is 0.335 e. The fourth-order valence-corrected chi connectivity index (χ4v) is 3.88. The van der Waals surface area contributed by atoms with E-state index in [1.54, 1.807) is 0 Å². The van der Waals surface area contributed by atoms with Crippen molar-refractivity contribution < 1.29 is 30.0 Å². The van der Waals surface area contributed by atoms with Gasteiger partial charge in [-0.1, -0.05) is 6.42 Å². The second-order valence-electron chi connectivity index (χ2n) is 6.64. The van der Waals surface area contributed by atoms with Crippen LogP contribution < -0.4 is 5.32 Å². The Balaban J connectivity index is 0.000000175. The quantitative estimate of drug-likeness (QED) is 0.443. The van der Waals surface area contributed by atoms with Crippen LogP contribution in [-0.4, -0.2) is 81.7 Å². The van der Waals surface area contributed by atoms with Crippen molar-refractivity contribution in [1.82, 2.24) is 10.2 Å². The minimum atomic E-state index is -2.27. The van der Waals surface area contributed by atoms with Gasteiger partial charge in [0.1, 0.15) is 0 Å². The molecule has 0 aromatic carbocycles. The summed E-state index contributed by atoms with van der Waals surface area (Å²) in [4.78, 5) is 22.3. The largest absolute Gasteiger partial charge is 0.479 e. The van der Waals surface area contributed by atoms with Gasteiger partial charge in [0.2, 0.25) is 0 Å². The SMILES string of the molecule is C1CCN2C[C@@H]3CNC[C@@H](C3)C2C1.O=C(O)[C@H](O)[C@@H](O)C(=O)O. The summed E-state index contributed by atoms with van der Waals surface area (Å²) in [6.45, 7) is 5.34. The number of piperidine rings is 3. The molecular weight excluding hydrogens is 304 g/mol. The first-order chi connectivity index (χ1) is 10.9. The molecular formula is C15H26N2O6. The minimum absolute atomic E-state index is 0.942. The highest BCUT2D eigenvalue weighted by atomic mass is 16.4. The first-order valence-electron chi connectivity index (χ1n) is 8.16. The van der Waals surface area contributed by atoms with E-state index in [4.69, 9.17) is 20.4 Å². The molecule has 0 aliphatic carbocycles. The highest BCUT2D eigenvalue weighted by molar-refractivity contribution is 5.83. The Hall–Kier alpha value is -1.22. The van der Waals surface area contributed by atoms with Gasteiger partial charge in [-0.25, -0.2) is 9.59 Å². The molecule has 3 fully saturated rings. The Bertz CT molecular complexity index is 410. The summed E-state index contributed by atoms with van der Waals surface area (Å²) in [6, 6.07) is 0.942. The first kappa shape index (κ1) is 18.1. The minimum Gasteiger partial charge on any atom is -0.479 e. The average molecular weight is 330 g/mol. The zero-order valence-electron chi connectivity index (χ0n) is 13.1. The van der Waals surface area contributed by atoms with Gasteiger partial charge in [0, 0.05) is 12.6 Å². The molecule has 23 heavy (non-hydrogen) atoms. The van der Waals surface area contributed by atoms with Gasteiger partial charge in [-0.05, 0) is 50.7 Å². The molecule has 8 nitrogen and oxygen atoms in total. The van der Waals surface area contributed by atoms with Crippen molar-refractivity contribution >= 4 is 11.9 Å². The number of aliphatic carboxylic acids is 2. The second-order valence-corrected chi connectivity index (χ2v) is 6.64. The molecule has 3 aliphatic heterocycles. The zero-order chi connectivity index (χ0) is 17.0. The van der Waals surface area contributed by atoms with E-state index in [0.29, 0.717) is 0 Å². The van der Waals surface area contributed by atoms with Gasteiger partial charge in [-0.2, -0.15) is 0 Å². The molecule has 0 radical (unpaired) electrons. The maximum absolute atomic E-state index is 9.77. The van der Waals surface area contributed by atoms with Crippen molar-refractivity contribution in [2.24, 2.45) is 11.8 Å². The summed E-state index contributed by atoms with van der Waals surface area (Å²) in [5.41, 5.74) is 0. The molecule has 5 atom stereocenters. The van der Waals surface area contributed by atoms with Crippen molar-refractivity contribution in [3.8, 4) is 0 Å². The number of hydrogen-bond donors (Lipinski definition) is 5. The van der Waals surface area contributed by atoms with E-state index >= 15 is 0 Å². The molecule has 3 heterocycles. The van der Waals surface area contributed by atoms with E-state index in [9.17, 15) is 9.59 Å². The van der Waals surface area contributed by atoms with E-state index in [2.05, 4.69) is 10.2 Å². The third kappa shape index (κ3) is 4.63. The molecule has 8 heteroatoms. The molecule has 1 unspecified atom stereocenters. The number of carbonyl (C=O) groups is 2. The lowest BCUT2D eigenvalue weighted by atomic mass is 9.77. The van der Waals surface area contributed by atoms with Gasteiger partial charge in [0.05, 0.1) is 0 Å². The van der Waals surface area contributed by atoms with Crippen LogP contribution in [0.5, 0.6) is 0 Å². The molecule has 3 saturated heterocycles. The fraction of sp³-hybridized carbons (Fsp3) is 0.867. The normalized spacial score (nSPS) is 32.7. The lowest BCUT2D eigenvalue weighted by Crippen LogP contribution is -2.58. The summed E-state index contributed by atoms with van der Waals surface area (Å²) in [6.07, 6.45) is 1.37. The summed E-state index contributed by atoms with van der Waals surface area (Å²) < 4.78 is 0. The number of hydrogen-bond acceptors (Lipinski definition) is 6. The van der Waals surface area contributed by atoms with Crippen LogP contribution in [0, 0.1) is 11.8 Å². The van der Waals surface area contributed by atoms with Crippen molar-refractivity contribution in [3.63, 3.8) is 0 Å². The topological polar surface area (TPSA) is 130 Å². The number of aliphatic hydroxyl groups is 2. The van der Waals surface area contributed by atoms with Crippen LogP contribution in [-0.2, 0) is 9.59 Å². The summed E-state index contributed by atoms with van der Waals surface area (Å²) in [5, 5.41) is 36.1. The summed E-state index contributed by atoms with van der Waals surface area (Å²) in [5.74, 6) is -1.59. The van der Waals surface area contributed by atoms with Crippen LogP contribution in [0.15, 0.2) is 0 Å². The van der Waals surface area contributed by atoms with Gasteiger partial charge >= 0.3 is 11.9 Å². The van der Waals surface area contributed by atoms with Gasteiger partial charge in [0.15, 0.2) is 12.2 Å². The van der Waals surface area contributed by atoms with E-state index in [1.165, 1.54) is 51.9 Å². The lowest BCUT2D eigenvalue weighted by Gasteiger charge is -2.50. The Morgan fingerprint density at radius 1 is 1.04 bits per heavy atom. The van der Waals surface area contributed by atoms with Crippen LogP contribution in [0.25, 0.3) is 0 Å². The van der Waals surface area contributed by atoms with Crippen LogP contribution in [0.2, 0.25) is 0 Å². The third-order valence-electron chi connectivity index (χ3n) is 4.98. The van der Waals surface area contributed by atoms with E-state index in [-0.39, 0.29) is 0 Å². The van der Waals surface area contributed by atoms with Gasteiger partial charge in [-0.3, -0.25) is 4.90 Å². The van der Waals surface area contributed by atoms with Crippen molar-refractivity contribution in [2.45, 2.75) is 43.9 Å². The van der Waals surface area contributed by atoms with Crippen LogP contribution >= 0.6 is 0 Å². The molecule has 2 bridgehead atoms. The van der Waals surface area contributed by atoms with Crippen molar-refractivity contribution in [3.05, 3.63) is 0 Å². The van der Waals surface area contributed by atoms with Gasteiger partial charge in [0.25, 0.3) is 0 Å².